The van der Waals surface area contributed by atoms with Gasteiger partial charge in [-0.15, -0.1) is 0 Å². The zero-order chi connectivity index (χ0) is 12.2. The number of hydrogen-bond acceptors (Lipinski definition) is 4. The monoisotopic (exact) mass is 246 g/mol. The first-order valence-electron chi connectivity index (χ1n) is 5.66. The first-order valence-corrected chi connectivity index (χ1v) is 6.81. The number of nitrogens with zero attached hydrogens (tertiary/aromatic N) is 1. The van der Waals surface area contributed by atoms with Gasteiger partial charge in [-0.2, -0.15) is 11.8 Å². The molecule has 0 aromatic heterocycles. The minimum absolute atomic E-state index is 0.0992. The Kier molecular flexibility index (Phi) is 5.08. The van der Waals surface area contributed by atoms with E-state index in [0.717, 1.165) is 18.1 Å². The van der Waals surface area contributed by atoms with Crippen LogP contribution in [0.25, 0.3) is 0 Å². The van der Waals surface area contributed by atoms with Gasteiger partial charge in [-0.25, -0.2) is 0 Å². The average Bonchev–Trinajstić information content (AvgIpc) is 2.16. The molecule has 1 amide bonds. The fourth-order valence-electron chi connectivity index (χ4n) is 1.79. The number of thioether (sulfide) groups is 1. The topological polar surface area (TPSA) is 52.6 Å². The standard InChI is InChI=1S/C11H22N2O2S/c1-11(2,15)8-13(3)10(14)6-9-7-16-5-4-12-9/h9,12,15H,4-8H2,1-3H3. The van der Waals surface area contributed by atoms with E-state index < -0.39 is 5.60 Å². The van der Waals surface area contributed by atoms with Crippen LogP contribution in [0.3, 0.4) is 0 Å². The molecule has 0 aromatic carbocycles. The van der Waals surface area contributed by atoms with Gasteiger partial charge >= 0.3 is 0 Å². The molecule has 1 aliphatic heterocycles. The van der Waals surface area contributed by atoms with Crippen molar-refractivity contribution in [1.82, 2.24) is 10.2 Å². The summed E-state index contributed by atoms with van der Waals surface area (Å²) in [6.45, 7) is 4.79. The lowest BCUT2D eigenvalue weighted by Crippen LogP contribution is -2.44. The number of nitrogens with one attached hydrogen (secondary N) is 1. The number of carbonyl (C=O) groups excluding carboxylic acids is 1. The lowest BCUT2D eigenvalue weighted by atomic mass is 10.1. The highest BCUT2D eigenvalue weighted by molar-refractivity contribution is 7.99. The average molecular weight is 246 g/mol. The van der Waals surface area contributed by atoms with Gasteiger partial charge in [0.05, 0.1) is 5.60 Å². The van der Waals surface area contributed by atoms with Gasteiger partial charge in [-0.1, -0.05) is 0 Å². The maximum atomic E-state index is 11.9. The molecule has 2 N–H and O–H groups in total. The summed E-state index contributed by atoms with van der Waals surface area (Å²) in [6.07, 6.45) is 0.527. The van der Waals surface area contributed by atoms with Crippen molar-refractivity contribution < 1.29 is 9.90 Å². The molecule has 1 aliphatic rings. The molecule has 4 nitrogen and oxygen atoms in total. The molecule has 1 fully saturated rings. The number of rotatable bonds is 4. The third-order valence-corrected chi connectivity index (χ3v) is 3.60. The first-order chi connectivity index (χ1) is 7.38. The van der Waals surface area contributed by atoms with Crippen molar-refractivity contribution in [1.29, 1.82) is 0 Å². The lowest BCUT2D eigenvalue weighted by Gasteiger charge is -2.28. The Hall–Kier alpha value is -0.260. The SMILES string of the molecule is CN(CC(C)(C)O)C(=O)CC1CSCCN1. The maximum absolute atomic E-state index is 11.9. The van der Waals surface area contributed by atoms with Gasteiger partial charge < -0.3 is 15.3 Å². The predicted molar refractivity (Wildman–Crippen MR) is 67.7 cm³/mol. The lowest BCUT2D eigenvalue weighted by molar-refractivity contribution is -0.133. The van der Waals surface area contributed by atoms with E-state index in [1.165, 1.54) is 0 Å². The van der Waals surface area contributed by atoms with E-state index in [4.69, 9.17) is 0 Å². The second-order valence-electron chi connectivity index (χ2n) is 4.99. The third kappa shape index (κ3) is 5.18. The van der Waals surface area contributed by atoms with Gasteiger partial charge in [-0.05, 0) is 13.8 Å². The Morgan fingerprint density at radius 3 is 2.81 bits per heavy atom. The van der Waals surface area contributed by atoms with Gasteiger partial charge in [0.25, 0.3) is 0 Å². The summed E-state index contributed by atoms with van der Waals surface area (Å²) in [5.74, 6) is 2.23. The zero-order valence-corrected chi connectivity index (χ0v) is 11.1. The van der Waals surface area contributed by atoms with Crippen LogP contribution >= 0.6 is 11.8 Å². The molecule has 0 radical (unpaired) electrons. The number of hydrogen-bond donors (Lipinski definition) is 2. The normalized spacial score (nSPS) is 21.9. The van der Waals surface area contributed by atoms with Crippen LogP contribution in [0.2, 0.25) is 0 Å². The highest BCUT2D eigenvalue weighted by Gasteiger charge is 2.22. The molecule has 0 bridgehead atoms. The molecule has 1 unspecified atom stereocenters. The molecule has 16 heavy (non-hydrogen) atoms. The second-order valence-corrected chi connectivity index (χ2v) is 6.14. The van der Waals surface area contributed by atoms with Crippen molar-refractivity contribution in [2.45, 2.75) is 31.9 Å². The molecule has 94 valence electrons. The van der Waals surface area contributed by atoms with Crippen molar-refractivity contribution in [3.8, 4) is 0 Å². The van der Waals surface area contributed by atoms with E-state index in [1.54, 1.807) is 25.8 Å². The van der Waals surface area contributed by atoms with E-state index in [1.807, 2.05) is 11.8 Å². The molecule has 0 aromatic rings. The van der Waals surface area contributed by atoms with Crippen LogP contribution in [0.5, 0.6) is 0 Å². The van der Waals surface area contributed by atoms with E-state index in [0.29, 0.717) is 13.0 Å². The minimum atomic E-state index is -0.820. The van der Waals surface area contributed by atoms with Crippen molar-refractivity contribution in [2.24, 2.45) is 0 Å². The fraction of sp³-hybridized carbons (Fsp3) is 0.909. The minimum Gasteiger partial charge on any atom is -0.389 e. The molecular formula is C11H22N2O2S. The van der Waals surface area contributed by atoms with E-state index in [9.17, 15) is 9.90 Å². The number of likely N-dealkylation sites (N-methyl/N-ethyl adjacent to an activating group) is 1. The first kappa shape index (κ1) is 13.8. The second kappa shape index (κ2) is 5.89. The van der Waals surface area contributed by atoms with E-state index >= 15 is 0 Å². The molecule has 0 saturated carbocycles. The van der Waals surface area contributed by atoms with E-state index in [2.05, 4.69) is 5.32 Å². The summed E-state index contributed by atoms with van der Waals surface area (Å²) in [5.41, 5.74) is -0.820. The van der Waals surface area contributed by atoms with E-state index in [-0.39, 0.29) is 11.9 Å². The predicted octanol–water partition coefficient (Wildman–Crippen LogP) is 0.311. The molecule has 5 heteroatoms. The number of amides is 1. The quantitative estimate of drug-likeness (QED) is 0.750. The Morgan fingerprint density at radius 2 is 2.31 bits per heavy atom. The van der Waals surface area contributed by atoms with Gasteiger partial charge in [0, 0.05) is 44.1 Å². The van der Waals surface area contributed by atoms with Crippen LogP contribution in [0.15, 0.2) is 0 Å². The van der Waals surface area contributed by atoms with Gasteiger partial charge in [0.1, 0.15) is 0 Å². The smallest absolute Gasteiger partial charge is 0.224 e. The largest absolute Gasteiger partial charge is 0.389 e. The fourth-order valence-corrected chi connectivity index (χ4v) is 2.74. The van der Waals surface area contributed by atoms with Crippen molar-refractivity contribution >= 4 is 17.7 Å². The summed E-state index contributed by atoms with van der Waals surface area (Å²) < 4.78 is 0. The highest BCUT2D eigenvalue weighted by Crippen LogP contribution is 2.12. The summed E-state index contributed by atoms with van der Waals surface area (Å²) in [6, 6.07) is 0.288. The van der Waals surface area contributed by atoms with Crippen LogP contribution in [0.4, 0.5) is 0 Å². The Bertz CT molecular complexity index is 235. The van der Waals surface area contributed by atoms with Crippen LogP contribution in [-0.2, 0) is 4.79 Å². The van der Waals surface area contributed by atoms with Gasteiger partial charge in [-0.3, -0.25) is 4.79 Å². The Balaban J connectivity index is 2.33. The summed E-state index contributed by atoms with van der Waals surface area (Å²) in [7, 11) is 1.75. The Labute approximate surface area is 102 Å². The highest BCUT2D eigenvalue weighted by atomic mass is 32.2. The van der Waals surface area contributed by atoms with Gasteiger partial charge in [0.15, 0.2) is 0 Å². The maximum Gasteiger partial charge on any atom is 0.224 e. The molecule has 1 saturated heterocycles. The van der Waals surface area contributed by atoms with Crippen molar-refractivity contribution in [3.63, 3.8) is 0 Å². The van der Waals surface area contributed by atoms with Crippen molar-refractivity contribution in [2.75, 3.05) is 31.6 Å². The van der Waals surface area contributed by atoms with Crippen LogP contribution in [0.1, 0.15) is 20.3 Å². The van der Waals surface area contributed by atoms with Crippen LogP contribution in [-0.4, -0.2) is 59.2 Å². The molecular weight excluding hydrogens is 224 g/mol. The molecule has 1 heterocycles. The van der Waals surface area contributed by atoms with Crippen LogP contribution < -0.4 is 5.32 Å². The summed E-state index contributed by atoms with van der Waals surface area (Å²) in [4.78, 5) is 13.5. The number of carbonyl (C=O) groups is 1. The Morgan fingerprint density at radius 1 is 1.62 bits per heavy atom. The van der Waals surface area contributed by atoms with Crippen molar-refractivity contribution in [3.05, 3.63) is 0 Å². The third-order valence-electron chi connectivity index (χ3n) is 2.47. The molecule has 0 aliphatic carbocycles. The zero-order valence-electron chi connectivity index (χ0n) is 10.3. The molecule has 1 atom stereocenters. The molecule has 1 rings (SSSR count). The summed E-state index contributed by atoms with van der Waals surface area (Å²) >= 11 is 1.89. The number of aliphatic hydroxyl groups is 1. The summed E-state index contributed by atoms with van der Waals surface area (Å²) in [5, 5.41) is 13.0. The van der Waals surface area contributed by atoms with Crippen LogP contribution in [0, 0.1) is 0 Å². The molecule has 0 spiro atoms. The van der Waals surface area contributed by atoms with Gasteiger partial charge in [0.2, 0.25) is 5.91 Å².